The second-order valence-electron chi connectivity index (χ2n) is 12.9. The van der Waals surface area contributed by atoms with Crippen LogP contribution in [-0.2, 0) is 31.5 Å². The average Bonchev–Trinajstić information content (AvgIpc) is 3.40. The van der Waals surface area contributed by atoms with Crippen LogP contribution in [0.1, 0.15) is 62.6 Å². The highest BCUT2D eigenvalue weighted by Crippen LogP contribution is 2.59. The molecule has 2 aromatic rings. The molecule has 1 amide bonds. The SMILES string of the molecule is CCCC(C)(C(=O)N[C@@H]1CC[C@@]2(S(=O)(=O)c3ccc(F)cc3)c3ccc(C(F)(C(F)(F)F)C(F)(F)F)cc3CC[C@@H]12)N1CCNCC1. The van der Waals surface area contributed by atoms with Crippen molar-refractivity contribution in [1.82, 2.24) is 15.5 Å². The van der Waals surface area contributed by atoms with Gasteiger partial charge in [-0.05, 0) is 74.4 Å². The molecule has 2 aromatic carbocycles. The number of sulfone groups is 1. The monoisotopic (exact) mass is 695 g/mol. The van der Waals surface area contributed by atoms with Gasteiger partial charge < -0.3 is 10.6 Å². The maximum atomic E-state index is 15.1. The number of benzene rings is 2. The molecule has 0 bridgehead atoms. The fourth-order valence-corrected chi connectivity index (χ4v) is 10.4. The quantitative estimate of drug-likeness (QED) is 0.259. The molecule has 1 saturated carbocycles. The number of carbonyl (C=O) groups excluding carboxylic acids is 1. The Balaban J connectivity index is 1.61. The molecule has 0 spiro atoms. The Hall–Kier alpha value is -2.78. The number of carbonyl (C=O) groups is 1. The number of amides is 1. The molecule has 1 saturated heterocycles. The normalized spacial score (nSPS) is 25.5. The Morgan fingerprint density at radius 2 is 1.60 bits per heavy atom. The fourth-order valence-electron chi connectivity index (χ4n) is 7.94. The van der Waals surface area contributed by atoms with E-state index in [1.54, 1.807) is 0 Å². The molecule has 6 nitrogen and oxygen atoms in total. The van der Waals surface area contributed by atoms with Crippen molar-refractivity contribution in [2.75, 3.05) is 26.2 Å². The first-order valence-electron chi connectivity index (χ1n) is 15.6. The Labute approximate surface area is 268 Å². The Morgan fingerprint density at radius 3 is 2.17 bits per heavy atom. The van der Waals surface area contributed by atoms with E-state index < -0.39 is 61.5 Å². The highest BCUT2D eigenvalue weighted by Gasteiger charge is 2.74. The van der Waals surface area contributed by atoms with Crippen LogP contribution in [0, 0.1) is 11.7 Å². The first-order chi connectivity index (χ1) is 21.8. The van der Waals surface area contributed by atoms with Crippen molar-refractivity contribution in [2.45, 2.75) is 91.6 Å². The molecule has 1 aliphatic heterocycles. The summed E-state index contributed by atoms with van der Waals surface area (Å²) < 4.78 is 138. The lowest BCUT2D eigenvalue weighted by Crippen LogP contribution is -2.63. The highest BCUT2D eigenvalue weighted by molar-refractivity contribution is 7.92. The second-order valence-corrected chi connectivity index (χ2v) is 15.1. The molecule has 2 N–H and O–H groups in total. The molecule has 2 fully saturated rings. The number of hydrogen-bond acceptors (Lipinski definition) is 5. The molecule has 0 aromatic heterocycles. The molecule has 1 heterocycles. The van der Waals surface area contributed by atoms with Gasteiger partial charge in [-0.3, -0.25) is 9.69 Å². The summed E-state index contributed by atoms with van der Waals surface area (Å²) in [4.78, 5) is 15.8. The van der Waals surface area contributed by atoms with Gasteiger partial charge in [0.2, 0.25) is 5.91 Å². The van der Waals surface area contributed by atoms with E-state index in [0.717, 1.165) is 30.3 Å². The third-order valence-corrected chi connectivity index (χ3v) is 12.9. The standard InChI is InChI=1S/C32H37F8N3O3S/c1-3-13-28(2,43-17-15-41-16-18-43)27(44)42-26-12-14-29(47(45,46)23-8-6-22(33)7-9-23)24-11-5-21(19-20(24)4-10-25(26)29)30(34,31(35,36)37)32(38,39)40/h5-9,11,19,25-26,41H,3-4,10,12-18H2,1-2H3,(H,42,44)/t25-,26+,28?,29+/m0/s1. The van der Waals surface area contributed by atoms with Crippen LogP contribution in [-0.4, -0.2) is 69.3 Å². The van der Waals surface area contributed by atoms with Gasteiger partial charge in [-0.1, -0.05) is 31.5 Å². The van der Waals surface area contributed by atoms with Gasteiger partial charge in [-0.2, -0.15) is 26.3 Å². The largest absolute Gasteiger partial charge is 0.435 e. The van der Waals surface area contributed by atoms with Crippen LogP contribution in [0.5, 0.6) is 0 Å². The topological polar surface area (TPSA) is 78.5 Å². The van der Waals surface area contributed by atoms with Gasteiger partial charge in [-0.15, -0.1) is 0 Å². The number of fused-ring (bicyclic) bond motifs is 3. The third-order valence-electron chi connectivity index (χ3n) is 10.3. The molecule has 260 valence electrons. The zero-order chi connectivity index (χ0) is 34.6. The van der Waals surface area contributed by atoms with Gasteiger partial charge in [0.1, 0.15) is 10.6 Å². The number of halogens is 8. The number of piperazine rings is 1. The smallest absolute Gasteiger partial charge is 0.351 e. The van der Waals surface area contributed by atoms with Gasteiger partial charge in [0.25, 0.3) is 0 Å². The van der Waals surface area contributed by atoms with E-state index in [2.05, 4.69) is 15.5 Å². The maximum Gasteiger partial charge on any atom is 0.435 e. The third kappa shape index (κ3) is 5.63. The number of nitrogens with one attached hydrogen (secondary N) is 2. The van der Waals surface area contributed by atoms with Crippen molar-refractivity contribution in [2.24, 2.45) is 5.92 Å². The molecular weight excluding hydrogens is 658 g/mol. The van der Waals surface area contributed by atoms with Gasteiger partial charge in [0.05, 0.1) is 10.4 Å². The number of hydrogen-bond donors (Lipinski definition) is 2. The van der Waals surface area contributed by atoms with Crippen LogP contribution >= 0.6 is 0 Å². The summed E-state index contributed by atoms with van der Waals surface area (Å²) in [7, 11) is -4.51. The van der Waals surface area contributed by atoms with Crippen LogP contribution < -0.4 is 10.6 Å². The average molecular weight is 696 g/mol. The molecular formula is C32H37F8N3O3S. The van der Waals surface area contributed by atoms with Crippen molar-refractivity contribution in [3.63, 3.8) is 0 Å². The number of aryl methyl sites for hydroxylation is 1. The van der Waals surface area contributed by atoms with Crippen LogP contribution in [0.2, 0.25) is 0 Å². The summed E-state index contributed by atoms with van der Waals surface area (Å²) in [6.07, 6.45) is -11.7. The van der Waals surface area contributed by atoms with Crippen LogP contribution in [0.15, 0.2) is 47.4 Å². The summed E-state index contributed by atoms with van der Waals surface area (Å²) in [5.41, 5.74) is -8.51. The predicted octanol–water partition coefficient (Wildman–Crippen LogP) is 6.09. The van der Waals surface area contributed by atoms with Gasteiger partial charge in [0, 0.05) is 43.7 Å². The molecule has 0 radical (unpaired) electrons. The summed E-state index contributed by atoms with van der Waals surface area (Å²) in [5, 5.41) is 6.33. The van der Waals surface area contributed by atoms with Gasteiger partial charge >= 0.3 is 18.0 Å². The maximum absolute atomic E-state index is 15.1. The van der Waals surface area contributed by atoms with E-state index in [1.807, 2.05) is 13.8 Å². The number of nitrogens with zero attached hydrogens (tertiary/aromatic N) is 1. The lowest BCUT2D eigenvalue weighted by molar-refractivity contribution is -0.348. The van der Waals surface area contributed by atoms with Crippen LogP contribution in [0.3, 0.4) is 0 Å². The van der Waals surface area contributed by atoms with Crippen molar-refractivity contribution in [3.05, 3.63) is 65.0 Å². The fraction of sp³-hybridized carbons (Fsp3) is 0.594. The summed E-state index contributed by atoms with van der Waals surface area (Å²) in [6.45, 7) is 6.36. The zero-order valence-corrected chi connectivity index (χ0v) is 26.7. The molecule has 47 heavy (non-hydrogen) atoms. The van der Waals surface area contributed by atoms with Crippen molar-refractivity contribution in [1.29, 1.82) is 0 Å². The summed E-state index contributed by atoms with van der Waals surface area (Å²) in [6, 6.07) is 4.91. The molecule has 5 rings (SSSR count). The molecule has 15 heteroatoms. The van der Waals surface area contributed by atoms with Crippen molar-refractivity contribution < 1.29 is 48.3 Å². The highest BCUT2D eigenvalue weighted by atomic mass is 32.2. The van der Waals surface area contributed by atoms with Crippen molar-refractivity contribution in [3.8, 4) is 0 Å². The molecule has 1 unspecified atom stereocenters. The molecule has 3 aliphatic rings. The lowest BCUT2D eigenvalue weighted by atomic mass is 9.73. The van der Waals surface area contributed by atoms with E-state index in [-0.39, 0.29) is 47.6 Å². The van der Waals surface area contributed by atoms with E-state index in [1.165, 1.54) is 0 Å². The van der Waals surface area contributed by atoms with E-state index in [0.29, 0.717) is 51.2 Å². The van der Waals surface area contributed by atoms with E-state index >= 15 is 4.39 Å². The molecule has 4 atom stereocenters. The zero-order valence-electron chi connectivity index (χ0n) is 25.9. The van der Waals surface area contributed by atoms with Crippen LogP contribution in [0.4, 0.5) is 35.1 Å². The summed E-state index contributed by atoms with van der Waals surface area (Å²) >= 11 is 0. The number of rotatable bonds is 8. The lowest BCUT2D eigenvalue weighted by Gasteiger charge is -2.45. The van der Waals surface area contributed by atoms with E-state index in [4.69, 9.17) is 0 Å². The van der Waals surface area contributed by atoms with E-state index in [9.17, 15) is 43.9 Å². The van der Waals surface area contributed by atoms with Gasteiger partial charge in [-0.25, -0.2) is 17.2 Å². The molecule has 2 aliphatic carbocycles. The van der Waals surface area contributed by atoms with Crippen molar-refractivity contribution >= 4 is 15.7 Å². The second kappa shape index (κ2) is 12.3. The predicted molar refractivity (Wildman–Crippen MR) is 157 cm³/mol. The minimum absolute atomic E-state index is 0.0305. The number of alkyl halides is 7. The minimum atomic E-state index is -6.34. The summed E-state index contributed by atoms with van der Waals surface area (Å²) in [5.74, 6) is -1.86. The Morgan fingerprint density at radius 1 is 0.979 bits per heavy atom. The Kier molecular flexibility index (Phi) is 9.28. The van der Waals surface area contributed by atoms with Crippen LogP contribution in [0.25, 0.3) is 0 Å². The Bertz CT molecular complexity index is 1580. The minimum Gasteiger partial charge on any atom is -0.351 e. The van der Waals surface area contributed by atoms with Gasteiger partial charge in [0.15, 0.2) is 9.84 Å². The first kappa shape index (κ1) is 35.5. The first-order valence-corrected chi connectivity index (χ1v) is 17.1.